The molecule has 0 radical (unpaired) electrons. The Labute approximate surface area is 160 Å². The number of nitrogens with one attached hydrogen (secondary N) is 1. The maximum absolute atomic E-state index is 12.9. The highest BCUT2D eigenvalue weighted by Crippen LogP contribution is 2.25. The molecule has 0 fully saturated rings. The van der Waals surface area contributed by atoms with Gasteiger partial charge in [-0.15, -0.1) is 0 Å². The lowest BCUT2D eigenvalue weighted by atomic mass is 9.97. The number of pyridine rings is 1. The highest BCUT2D eigenvalue weighted by Gasteiger charge is 2.14. The van der Waals surface area contributed by atoms with E-state index in [9.17, 15) is 4.79 Å². The van der Waals surface area contributed by atoms with Gasteiger partial charge in [0.2, 0.25) is 0 Å². The number of nitrogens with zero attached hydrogens (tertiary/aromatic N) is 1. The number of fused-ring (bicyclic) bond motifs is 1. The predicted molar refractivity (Wildman–Crippen MR) is 111 cm³/mol. The summed E-state index contributed by atoms with van der Waals surface area (Å²) >= 11 is 0. The average molecular weight is 356 g/mol. The summed E-state index contributed by atoms with van der Waals surface area (Å²) in [7, 11) is 0. The lowest BCUT2D eigenvalue weighted by molar-refractivity contribution is 0.0955. The number of carbonyl (C=O) groups is 1. The van der Waals surface area contributed by atoms with Gasteiger partial charge in [0.1, 0.15) is 0 Å². The average Bonchev–Trinajstić information content (AvgIpc) is 2.74. The van der Waals surface area contributed by atoms with Crippen molar-refractivity contribution in [1.29, 1.82) is 0 Å². The van der Waals surface area contributed by atoms with Crippen molar-refractivity contribution in [2.75, 3.05) is 6.54 Å². The molecule has 1 N–H and O–H groups in total. The smallest absolute Gasteiger partial charge is 0.252 e. The van der Waals surface area contributed by atoms with Crippen molar-refractivity contribution in [2.24, 2.45) is 0 Å². The maximum Gasteiger partial charge on any atom is 0.252 e. The van der Waals surface area contributed by atoms with Crippen LogP contribution in [0.2, 0.25) is 0 Å². The molecular weight excluding hydrogens is 332 g/mol. The predicted octanol–water partition coefficient (Wildman–Crippen LogP) is 5.52. The second-order valence-corrected chi connectivity index (χ2v) is 7.05. The van der Waals surface area contributed by atoms with Crippen molar-refractivity contribution < 1.29 is 4.79 Å². The SMILES string of the molecule is O=C(NCCC1=CCCCC1)c1cc(-c2ccccc2)nc2ccccc12. The Morgan fingerprint density at radius 2 is 1.81 bits per heavy atom. The molecule has 0 saturated carbocycles. The zero-order valence-electron chi connectivity index (χ0n) is 15.4. The molecule has 0 unspecified atom stereocenters. The number of para-hydroxylation sites is 1. The lowest BCUT2D eigenvalue weighted by Crippen LogP contribution is -2.25. The first-order valence-corrected chi connectivity index (χ1v) is 9.72. The van der Waals surface area contributed by atoms with Gasteiger partial charge >= 0.3 is 0 Å². The van der Waals surface area contributed by atoms with E-state index in [1.54, 1.807) is 0 Å². The fourth-order valence-corrected chi connectivity index (χ4v) is 3.68. The number of hydrogen-bond donors (Lipinski definition) is 1. The molecule has 2 aromatic carbocycles. The minimum absolute atomic E-state index is 0.0257. The van der Waals surface area contributed by atoms with Gasteiger partial charge in [-0.05, 0) is 44.2 Å². The quantitative estimate of drug-likeness (QED) is 0.611. The molecule has 0 saturated heterocycles. The highest BCUT2D eigenvalue weighted by molar-refractivity contribution is 6.07. The topological polar surface area (TPSA) is 42.0 Å². The normalized spacial score (nSPS) is 14.0. The molecule has 1 aromatic heterocycles. The molecule has 1 aliphatic carbocycles. The Bertz CT molecular complexity index is 976. The van der Waals surface area contributed by atoms with Crippen LogP contribution in [-0.2, 0) is 0 Å². The van der Waals surface area contributed by atoms with E-state index in [0.29, 0.717) is 12.1 Å². The number of benzene rings is 2. The summed E-state index contributed by atoms with van der Waals surface area (Å²) in [6.07, 6.45) is 8.20. The fraction of sp³-hybridized carbons (Fsp3) is 0.250. The van der Waals surface area contributed by atoms with Crippen LogP contribution in [0.25, 0.3) is 22.2 Å². The van der Waals surface area contributed by atoms with Gasteiger partial charge in [0.25, 0.3) is 5.91 Å². The minimum Gasteiger partial charge on any atom is -0.352 e. The Kier molecular flexibility index (Phi) is 5.29. The zero-order chi connectivity index (χ0) is 18.5. The van der Waals surface area contributed by atoms with Gasteiger partial charge in [0.15, 0.2) is 0 Å². The first-order valence-electron chi connectivity index (χ1n) is 9.72. The minimum atomic E-state index is -0.0257. The second kappa shape index (κ2) is 8.17. The first kappa shape index (κ1) is 17.5. The van der Waals surface area contributed by atoms with Gasteiger partial charge < -0.3 is 5.32 Å². The van der Waals surface area contributed by atoms with Gasteiger partial charge in [-0.3, -0.25) is 4.79 Å². The van der Waals surface area contributed by atoms with Gasteiger partial charge in [-0.25, -0.2) is 4.98 Å². The Hall–Kier alpha value is -2.94. The van der Waals surface area contributed by atoms with Crippen LogP contribution in [0.3, 0.4) is 0 Å². The van der Waals surface area contributed by atoms with E-state index >= 15 is 0 Å². The van der Waals surface area contributed by atoms with Gasteiger partial charge in [-0.2, -0.15) is 0 Å². The molecule has 3 nitrogen and oxygen atoms in total. The number of amides is 1. The number of allylic oxidation sites excluding steroid dienone is 1. The van der Waals surface area contributed by atoms with Crippen LogP contribution >= 0.6 is 0 Å². The van der Waals surface area contributed by atoms with E-state index in [0.717, 1.165) is 28.6 Å². The molecule has 1 heterocycles. The van der Waals surface area contributed by atoms with Gasteiger partial charge in [0, 0.05) is 17.5 Å². The van der Waals surface area contributed by atoms with Crippen molar-refractivity contribution >= 4 is 16.8 Å². The van der Waals surface area contributed by atoms with Crippen molar-refractivity contribution in [3.63, 3.8) is 0 Å². The molecule has 136 valence electrons. The summed E-state index contributed by atoms with van der Waals surface area (Å²) in [5.41, 5.74) is 4.86. The third-order valence-corrected chi connectivity index (χ3v) is 5.15. The van der Waals surface area contributed by atoms with E-state index in [1.165, 1.54) is 31.3 Å². The number of aromatic nitrogens is 1. The molecule has 1 aliphatic rings. The molecule has 1 amide bonds. The number of carbonyl (C=O) groups excluding carboxylic acids is 1. The fourth-order valence-electron chi connectivity index (χ4n) is 3.68. The molecule has 0 bridgehead atoms. The molecule has 4 rings (SSSR count). The lowest BCUT2D eigenvalue weighted by Gasteiger charge is -2.14. The van der Waals surface area contributed by atoms with Gasteiger partial charge in [-0.1, -0.05) is 60.2 Å². The summed E-state index contributed by atoms with van der Waals surface area (Å²) in [6.45, 7) is 0.683. The van der Waals surface area contributed by atoms with Gasteiger partial charge in [0.05, 0.1) is 16.8 Å². The van der Waals surface area contributed by atoms with Crippen LogP contribution < -0.4 is 5.32 Å². The van der Waals surface area contributed by atoms with E-state index in [-0.39, 0.29) is 5.91 Å². The molecule has 3 aromatic rings. The monoisotopic (exact) mass is 356 g/mol. The first-order chi connectivity index (χ1) is 13.3. The number of hydrogen-bond acceptors (Lipinski definition) is 2. The van der Waals surface area contributed by atoms with E-state index < -0.39 is 0 Å². The van der Waals surface area contributed by atoms with Crippen molar-refractivity contribution in [3.05, 3.63) is 77.9 Å². The summed E-state index contributed by atoms with van der Waals surface area (Å²) in [5.74, 6) is -0.0257. The van der Waals surface area contributed by atoms with Crippen LogP contribution in [0.15, 0.2) is 72.3 Å². The third-order valence-electron chi connectivity index (χ3n) is 5.15. The summed E-state index contributed by atoms with van der Waals surface area (Å²) in [4.78, 5) is 17.7. The molecule has 27 heavy (non-hydrogen) atoms. The Balaban J connectivity index is 1.59. The van der Waals surface area contributed by atoms with Crippen molar-refractivity contribution in [1.82, 2.24) is 10.3 Å². The third kappa shape index (κ3) is 4.08. The van der Waals surface area contributed by atoms with Crippen LogP contribution in [-0.4, -0.2) is 17.4 Å². The molecular formula is C24H24N2O. The second-order valence-electron chi connectivity index (χ2n) is 7.05. The Morgan fingerprint density at radius 3 is 2.63 bits per heavy atom. The van der Waals surface area contributed by atoms with Crippen LogP contribution in [0, 0.1) is 0 Å². The van der Waals surface area contributed by atoms with Crippen LogP contribution in [0.1, 0.15) is 42.5 Å². The summed E-state index contributed by atoms with van der Waals surface area (Å²) < 4.78 is 0. The molecule has 0 atom stereocenters. The molecule has 0 aliphatic heterocycles. The molecule has 3 heteroatoms. The summed E-state index contributed by atoms with van der Waals surface area (Å²) in [6, 6.07) is 19.8. The standard InChI is InChI=1S/C24H24N2O/c27-24(25-16-15-18-9-3-1-4-10-18)21-17-23(19-11-5-2-6-12-19)26-22-14-8-7-13-20(21)22/h2,5-9,11-14,17H,1,3-4,10,15-16H2,(H,25,27). The highest BCUT2D eigenvalue weighted by atomic mass is 16.1. The zero-order valence-corrected chi connectivity index (χ0v) is 15.4. The number of rotatable bonds is 5. The van der Waals surface area contributed by atoms with E-state index in [4.69, 9.17) is 4.98 Å². The molecule has 0 spiro atoms. The summed E-state index contributed by atoms with van der Waals surface area (Å²) in [5, 5.41) is 4.00. The van der Waals surface area contributed by atoms with E-state index in [2.05, 4.69) is 11.4 Å². The van der Waals surface area contributed by atoms with Crippen molar-refractivity contribution in [3.8, 4) is 11.3 Å². The van der Waals surface area contributed by atoms with Crippen LogP contribution in [0.4, 0.5) is 0 Å². The largest absolute Gasteiger partial charge is 0.352 e. The van der Waals surface area contributed by atoms with E-state index in [1.807, 2.05) is 60.7 Å². The van der Waals surface area contributed by atoms with Crippen LogP contribution in [0.5, 0.6) is 0 Å². The van der Waals surface area contributed by atoms with Crippen molar-refractivity contribution in [2.45, 2.75) is 32.1 Å². The maximum atomic E-state index is 12.9. The Morgan fingerprint density at radius 1 is 1.00 bits per heavy atom.